The SMILES string of the molecule is CC.CC(/C=C/[C@@H](O)CCc1ccccc1)[C@@H](C)O.CC/C=C\CCCC(=O)NO.CCO. The van der Waals surface area contributed by atoms with Gasteiger partial charge in [0.25, 0.3) is 0 Å². The smallest absolute Gasteiger partial charge is 0.243 e. The molecule has 3 atom stereocenters. The van der Waals surface area contributed by atoms with E-state index < -0.39 is 6.10 Å². The second-order valence-corrected chi connectivity index (χ2v) is 7.20. The number of aliphatic hydroxyl groups is 3. The van der Waals surface area contributed by atoms with E-state index in [0.717, 1.165) is 25.7 Å². The molecule has 5 N–H and O–H groups in total. The maximum Gasteiger partial charge on any atom is 0.243 e. The minimum absolute atomic E-state index is 0.0846. The van der Waals surface area contributed by atoms with Crippen molar-refractivity contribution in [3.05, 3.63) is 60.2 Å². The Morgan fingerprint density at radius 2 is 1.61 bits per heavy atom. The molecule has 1 aromatic carbocycles. The molecule has 1 rings (SSSR count). The van der Waals surface area contributed by atoms with E-state index >= 15 is 0 Å². The highest BCUT2D eigenvalue weighted by Gasteiger charge is 2.05. The maximum atomic E-state index is 10.5. The second-order valence-electron chi connectivity index (χ2n) is 7.20. The minimum atomic E-state index is -0.434. The highest BCUT2D eigenvalue weighted by atomic mass is 16.5. The molecule has 0 fully saturated rings. The first kappa shape index (κ1) is 35.6. The number of hydrogen-bond acceptors (Lipinski definition) is 5. The Morgan fingerprint density at radius 1 is 1.03 bits per heavy atom. The van der Waals surface area contributed by atoms with Gasteiger partial charge in [-0.2, -0.15) is 0 Å². The fourth-order valence-electron chi connectivity index (χ4n) is 2.24. The Morgan fingerprint density at radius 3 is 2.09 bits per heavy atom. The van der Waals surface area contributed by atoms with Gasteiger partial charge in [0, 0.05) is 13.0 Å². The van der Waals surface area contributed by atoms with Gasteiger partial charge >= 0.3 is 0 Å². The zero-order chi connectivity index (χ0) is 25.9. The van der Waals surface area contributed by atoms with E-state index in [0.29, 0.717) is 12.8 Å². The quantitative estimate of drug-likeness (QED) is 0.133. The van der Waals surface area contributed by atoms with Crippen LogP contribution >= 0.6 is 0 Å². The van der Waals surface area contributed by atoms with Gasteiger partial charge in [0.15, 0.2) is 0 Å². The molecule has 6 heteroatoms. The summed E-state index contributed by atoms with van der Waals surface area (Å²) in [6.45, 7) is 11.7. The predicted octanol–water partition coefficient (Wildman–Crippen LogP) is 5.21. The molecule has 0 saturated carbocycles. The van der Waals surface area contributed by atoms with Gasteiger partial charge in [-0.3, -0.25) is 10.0 Å². The summed E-state index contributed by atoms with van der Waals surface area (Å²) in [4.78, 5) is 10.5. The van der Waals surface area contributed by atoms with Crippen molar-refractivity contribution in [3.8, 4) is 0 Å². The predicted molar refractivity (Wildman–Crippen MR) is 138 cm³/mol. The normalized spacial score (nSPS) is 12.9. The Balaban J connectivity index is -0.000000485. The molecule has 33 heavy (non-hydrogen) atoms. The molecule has 192 valence electrons. The molecule has 0 aliphatic carbocycles. The number of allylic oxidation sites excluding steroid dienone is 2. The number of unbranched alkanes of at least 4 members (excludes halogenated alkanes) is 1. The van der Waals surface area contributed by atoms with E-state index in [-0.39, 0.29) is 24.5 Å². The van der Waals surface area contributed by atoms with Crippen molar-refractivity contribution in [2.75, 3.05) is 6.61 Å². The van der Waals surface area contributed by atoms with Crippen LogP contribution < -0.4 is 5.48 Å². The van der Waals surface area contributed by atoms with Crippen LogP contribution in [0.5, 0.6) is 0 Å². The average Bonchev–Trinajstić information content (AvgIpc) is 2.83. The Kier molecular flexibility index (Phi) is 30.2. The number of rotatable bonds is 11. The molecule has 0 saturated heterocycles. The summed E-state index contributed by atoms with van der Waals surface area (Å²) in [6, 6.07) is 10.1. The zero-order valence-electron chi connectivity index (χ0n) is 21.6. The number of aliphatic hydroxyl groups excluding tert-OH is 3. The van der Waals surface area contributed by atoms with Crippen molar-refractivity contribution in [1.82, 2.24) is 5.48 Å². The molecule has 0 heterocycles. The zero-order valence-corrected chi connectivity index (χ0v) is 21.6. The van der Waals surface area contributed by atoms with Crippen molar-refractivity contribution in [3.63, 3.8) is 0 Å². The third-order valence-electron chi connectivity index (χ3n) is 4.27. The van der Waals surface area contributed by atoms with Gasteiger partial charge in [0.2, 0.25) is 5.91 Å². The van der Waals surface area contributed by atoms with Gasteiger partial charge < -0.3 is 15.3 Å². The van der Waals surface area contributed by atoms with Crippen molar-refractivity contribution < 1.29 is 25.3 Å². The first-order valence-corrected chi connectivity index (χ1v) is 12.1. The molecule has 0 radical (unpaired) electrons. The van der Waals surface area contributed by atoms with Crippen molar-refractivity contribution in [2.24, 2.45) is 5.92 Å². The third-order valence-corrected chi connectivity index (χ3v) is 4.27. The fraction of sp³-hybridized carbons (Fsp3) is 0.593. The van der Waals surface area contributed by atoms with Gasteiger partial charge in [-0.1, -0.05) is 82.3 Å². The lowest BCUT2D eigenvalue weighted by Crippen LogP contribution is -2.17. The Labute approximate surface area is 202 Å². The fourth-order valence-corrected chi connectivity index (χ4v) is 2.24. The van der Waals surface area contributed by atoms with Crippen LogP contribution in [0.25, 0.3) is 0 Å². The van der Waals surface area contributed by atoms with Crippen LogP contribution in [0.15, 0.2) is 54.6 Å². The summed E-state index contributed by atoms with van der Waals surface area (Å²) < 4.78 is 0. The lowest BCUT2D eigenvalue weighted by molar-refractivity contribution is -0.129. The molecule has 6 nitrogen and oxygen atoms in total. The molecule has 0 spiro atoms. The highest BCUT2D eigenvalue weighted by Crippen LogP contribution is 2.08. The van der Waals surface area contributed by atoms with E-state index in [4.69, 9.17) is 10.3 Å². The summed E-state index contributed by atoms with van der Waals surface area (Å²) in [6.07, 6.45) is 11.7. The van der Waals surface area contributed by atoms with Crippen LogP contribution in [0.4, 0.5) is 0 Å². The second kappa shape index (κ2) is 28.0. The lowest BCUT2D eigenvalue weighted by atomic mass is 10.0. The molecule has 1 unspecified atom stereocenters. The lowest BCUT2D eigenvalue weighted by Gasteiger charge is -2.10. The van der Waals surface area contributed by atoms with E-state index in [1.54, 1.807) is 25.4 Å². The molecule has 1 aromatic rings. The van der Waals surface area contributed by atoms with Crippen molar-refractivity contribution >= 4 is 5.91 Å². The van der Waals surface area contributed by atoms with Crippen LogP contribution in [-0.2, 0) is 11.2 Å². The largest absolute Gasteiger partial charge is 0.397 e. The van der Waals surface area contributed by atoms with E-state index in [1.165, 1.54) is 5.56 Å². The summed E-state index contributed by atoms with van der Waals surface area (Å²) in [5.74, 6) is -0.226. The van der Waals surface area contributed by atoms with E-state index in [1.807, 2.05) is 51.1 Å². The van der Waals surface area contributed by atoms with Crippen LogP contribution in [0.2, 0.25) is 0 Å². The minimum Gasteiger partial charge on any atom is -0.397 e. The number of hydroxylamine groups is 1. The van der Waals surface area contributed by atoms with Crippen LogP contribution in [0, 0.1) is 5.92 Å². The first-order valence-electron chi connectivity index (χ1n) is 12.1. The molecule has 0 bridgehead atoms. The number of carbonyl (C=O) groups excluding carboxylic acids is 1. The molecular weight excluding hydrogens is 418 g/mol. The number of aryl methyl sites for hydroxylation is 1. The number of hydrogen-bond donors (Lipinski definition) is 5. The average molecular weight is 468 g/mol. The standard InChI is InChI=1S/C15H22O2.C8H15NO2.C2H6O.C2H6/c1-12(13(2)16)8-10-15(17)11-9-14-6-4-3-5-7-14;1-2-3-4-5-6-7-8(10)9-11;1-2-3;1-2/h3-8,10,12-13,15-17H,9,11H2,1-2H3;3-4,11H,2,5-7H2,1H3,(H,9,10);3H,2H2,1H3;1-2H3/b10-8+;4-3-;;/t12?,13-,15-;;;/m1.../s1. The summed E-state index contributed by atoms with van der Waals surface area (Å²) in [5.41, 5.74) is 2.83. The van der Waals surface area contributed by atoms with Crippen LogP contribution in [0.1, 0.15) is 79.2 Å². The van der Waals surface area contributed by atoms with E-state index in [9.17, 15) is 15.0 Å². The molecule has 1 amide bonds. The van der Waals surface area contributed by atoms with Crippen molar-refractivity contribution in [2.45, 2.75) is 92.3 Å². The highest BCUT2D eigenvalue weighted by molar-refractivity contribution is 5.74. The summed E-state index contributed by atoms with van der Waals surface area (Å²) in [7, 11) is 0. The topological polar surface area (TPSA) is 110 Å². The number of carbonyl (C=O) groups is 1. The van der Waals surface area contributed by atoms with Gasteiger partial charge in [0.1, 0.15) is 0 Å². The number of amides is 1. The first-order chi connectivity index (χ1) is 15.8. The number of nitrogens with one attached hydrogen (secondary N) is 1. The third kappa shape index (κ3) is 28.0. The van der Waals surface area contributed by atoms with Crippen LogP contribution in [0.3, 0.4) is 0 Å². The molecule has 0 aromatic heterocycles. The van der Waals surface area contributed by atoms with Gasteiger partial charge in [-0.25, -0.2) is 5.48 Å². The van der Waals surface area contributed by atoms with Crippen LogP contribution in [-0.4, -0.2) is 45.2 Å². The van der Waals surface area contributed by atoms with Crippen molar-refractivity contribution in [1.29, 1.82) is 0 Å². The van der Waals surface area contributed by atoms with Gasteiger partial charge in [-0.15, -0.1) is 0 Å². The maximum absolute atomic E-state index is 10.5. The molecule has 0 aliphatic rings. The molecular formula is C27H49NO5. The van der Waals surface area contributed by atoms with Gasteiger partial charge in [0.05, 0.1) is 12.2 Å². The monoisotopic (exact) mass is 467 g/mol. The summed E-state index contributed by atoms with van der Waals surface area (Å²) in [5, 5.41) is 34.8. The summed E-state index contributed by atoms with van der Waals surface area (Å²) >= 11 is 0. The molecule has 0 aliphatic heterocycles. The Hall–Kier alpha value is -1.99. The Bertz CT molecular complexity index is 573. The number of benzene rings is 1. The van der Waals surface area contributed by atoms with E-state index in [2.05, 4.69) is 25.1 Å². The van der Waals surface area contributed by atoms with Gasteiger partial charge in [-0.05, 0) is 57.4 Å².